The molecule has 112 valence electrons. The van der Waals surface area contributed by atoms with Crippen molar-refractivity contribution in [3.8, 4) is 5.75 Å². The number of hydrogen-bond acceptors (Lipinski definition) is 2. The van der Waals surface area contributed by atoms with Gasteiger partial charge in [-0.15, -0.1) is 0 Å². The van der Waals surface area contributed by atoms with E-state index in [1.165, 1.54) is 12.1 Å². The number of nitrogens with one attached hydrogen (secondary N) is 1. The largest absolute Gasteiger partial charge is 0.496 e. The molecular weight excluding hydrogens is 357 g/mol. The van der Waals surface area contributed by atoms with Crippen molar-refractivity contribution in [2.45, 2.75) is 19.5 Å². The molecule has 0 spiro atoms. The summed E-state index contributed by atoms with van der Waals surface area (Å²) in [6.45, 7) is 2.62. The molecule has 0 bridgehead atoms. The molecule has 1 N–H and O–H groups in total. The zero-order valence-corrected chi connectivity index (χ0v) is 14.1. The van der Waals surface area contributed by atoms with Gasteiger partial charge in [0.1, 0.15) is 11.6 Å². The molecule has 1 atom stereocenters. The molecule has 21 heavy (non-hydrogen) atoms. The molecule has 2 rings (SSSR count). The van der Waals surface area contributed by atoms with Gasteiger partial charge in [-0.2, -0.15) is 0 Å². The quantitative estimate of drug-likeness (QED) is 0.788. The summed E-state index contributed by atoms with van der Waals surface area (Å²) in [7, 11) is 1.58. The van der Waals surface area contributed by atoms with E-state index in [0.29, 0.717) is 17.3 Å². The maximum atomic E-state index is 13.4. The molecule has 0 fully saturated rings. The first-order valence-corrected chi connectivity index (χ1v) is 7.69. The Hall–Kier alpha value is -1.10. The summed E-state index contributed by atoms with van der Waals surface area (Å²) in [4.78, 5) is 0. The van der Waals surface area contributed by atoms with E-state index in [2.05, 4.69) is 21.2 Å². The van der Waals surface area contributed by atoms with Crippen molar-refractivity contribution in [2.24, 2.45) is 0 Å². The third-order valence-electron chi connectivity index (χ3n) is 3.25. The van der Waals surface area contributed by atoms with Crippen LogP contribution in [0.1, 0.15) is 24.1 Å². The second kappa shape index (κ2) is 7.25. The summed E-state index contributed by atoms with van der Waals surface area (Å²) < 4.78 is 19.5. The van der Waals surface area contributed by atoms with Gasteiger partial charge in [-0.3, -0.25) is 0 Å². The predicted octanol–water partition coefficient (Wildman–Crippen LogP) is 5.10. The van der Waals surface area contributed by atoms with Crippen LogP contribution in [0.25, 0.3) is 0 Å². The van der Waals surface area contributed by atoms with Crippen molar-refractivity contribution in [2.75, 3.05) is 7.11 Å². The summed E-state index contributed by atoms with van der Waals surface area (Å²) >= 11 is 9.37. The summed E-state index contributed by atoms with van der Waals surface area (Å²) in [6.07, 6.45) is 0. The van der Waals surface area contributed by atoms with Gasteiger partial charge < -0.3 is 10.1 Å². The normalized spacial score (nSPS) is 12.2. The van der Waals surface area contributed by atoms with Gasteiger partial charge in [-0.1, -0.05) is 17.7 Å². The average Bonchev–Trinajstić information content (AvgIpc) is 2.48. The lowest BCUT2D eigenvalue weighted by Gasteiger charge is -2.17. The van der Waals surface area contributed by atoms with Gasteiger partial charge in [0.15, 0.2) is 0 Å². The molecule has 1 unspecified atom stereocenters. The van der Waals surface area contributed by atoms with Gasteiger partial charge in [0.05, 0.1) is 12.1 Å². The van der Waals surface area contributed by atoms with Gasteiger partial charge in [0, 0.05) is 22.6 Å². The van der Waals surface area contributed by atoms with Gasteiger partial charge >= 0.3 is 0 Å². The van der Waals surface area contributed by atoms with E-state index in [-0.39, 0.29) is 11.9 Å². The Balaban J connectivity index is 2.09. The SMILES string of the molecule is COc1ccc(F)cc1C(C)NCc1ccc(Cl)c(Br)c1. The van der Waals surface area contributed by atoms with Crippen LogP contribution in [0.3, 0.4) is 0 Å². The Morgan fingerprint density at radius 2 is 2.05 bits per heavy atom. The van der Waals surface area contributed by atoms with E-state index in [9.17, 15) is 4.39 Å². The van der Waals surface area contributed by atoms with E-state index < -0.39 is 0 Å². The van der Waals surface area contributed by atoms with E-state index in [4.69, 9.17) is 16.3 Å². The van der Waals surface area contributed by atoms with E-state index >= 15 is 0 Å². The number of benzene rings is 2. The molecule has 0 aliphatic carbocycles. The molecule has 2 aromatic carbocycles. The van der Waals surface area contributed by atoms with E-state index in [1.807, 2.05) is 25.1 Å². The second-order valence-electron chi connectivity index (χ2n) is 4.74. The maximum absolute atomic E-state index is 13.4. The molecule has 2 nitrogen and oxygen atoms in total. The minimum atomic E-state index is -0.270. The lowest BCUT2D eigenvalue weighted by atomic mass is 10.1. The van der Waals surface area contributed by atoms with Gasteiger partial charge in [0.2, 0.25) is 0 Å². The minimum Gasteiger partial charge on any atom is -0.496 e. The predicted molar refractivity (Wildman–Crippen MR) is 87.4 cm³/mol. The Morgan fingerprint density at radius 3 is 2.71 bits per heavy atom. The molecule has 0 heterocycles. The monoisotopic (exact) mass is 371 g/mol. The highest BCUT2D eigenvalue weighted by molar-refractivity contribution is 9.10. The number of halogens is 3. The van der Waals surface area contributed by atoms with Crippen LogP contribution in [0.15, 0.2) is 40.9 Å². The van der Waals surface area contributed by atoms with E-state index in [1.54, 1.807) is 13.2 Å². The van der Waals surface area contributed by atoms with Crippen LogP contribution in [0, 0.1) is 5.82 Å². The third-order valence-corrected chi connectivity index (χ3v) is 4.47. The second-order valence-corrected chi connectivity index (χ2v) is 6.00. The van der Waals surface area contributed by atoms with E-state index in [0.717, 1.165) is 15.6 Å². The van der Waals surface area contributed by atoms with Gasteiger partial charge in [0.25, 0.3) is 0 Å². The lowest BCUT2D eigenvalue weighted by molar-refractivity contribution is 0.399. The fourth-order valence-corrected chi connectivity index (χ4v) is 2.62. The molecule has 0 aliphatic rings. The van der Waals surface area contributed by atoms with Crippen molar-refractivity contribution in [1.82, 2.24) is 5.32 Å². The first kappa shape index (κ1) is 16.3. The molecule has 0 saturated heterocycles. The fourth-order valence-electron chi connectivity index (χ4n) is 2.07. The van der Waals surface area contributed by atoms with Crippen LogP contribution >= 0.6 is 27.5 Å². The molecule has 0 amide bonds. The number of ether oxygens (including phenoxy) is 1. The number of methoxy groups -OCH3 is 1. The highest BCUT2D eigenvalue weighted by Crippen LogP contribution is 2.27. The van der Waals surface area contributed by atoms with Crippen LogP contribution < -0.4 is 10.1 Å². The Kier molecular flexibility index (Phi) is 5.62. The van der Waals surface area contributed by atoms with Crippen molar-refractivity contribution in [1.29, 1.82) is 0 Å². The molecule has 2 aromatic rings. The van der Waals surface area contributed by atoms with Crippen LogP contribution in [-0.4, -0.2) is 7.11 Å². The van der Waals surface area contributed by atoms with Crippen molar-refractivity contribution in [3.05, 3.63) is 62.8 Å². The highest BCUT2D eigenvalue weighted by Gasteiger charge is 2.12. The molecule has 0 radical (unpaired) electrons. The maximum Gasteiger partial charge on any atom is 0.123 e. The smallest absolute Gasteiger partial charge is 0.123 e. The first-order chi connectivity index (χ1) is 10.0. The molecule has 0 aliphatic heterocycles. The van der Waals surface area contributed by atoms with Gasteiger partial charge in [-0.25, -0.2) is 4.39 Å². The Bertz CT molecular complexity index is 636. The number of hydrogen-bond donors (Lipinski definition) is 1. The molecular formula is C16H16BrClFNO. The van der Waals surface area contributed by atoms with Crippen molar-refractivity contribution < 1.29 is 9.13 Å². The first-order valence-electron chi connectivity index (χ1n) is 6.52. The highest BCUT2D eigenvalue weighted by atomic mass is 79.9. The van der Waals surface area contributed by atoms with Crippen LogP contribution in [0.2, 0.25) is 5.02 Å². The lowest BCUT2D eigenvalue weighted by Crippen LogP contribution is -2.19. The summed E-state index contributed by atoms with van der Waals surface area (Å²) in [5.74, 6) is 0.405. The Morgan fingerprint density at radius 1 is 1.29 bits per heavy atom. The molecule has 0 saturated carbocycles. The topological polar surface area (TPSA) is 21.3 Å². The molecule has 0 aromatic heterocycles. The van der Waals surface area contributed by atoms with Crippen molar-refractivity contribution >= 4 is 27.5 Å². The van der Waals surface area contributed by atoms with Gasteiger partial charge in [-0.05, 0) is 58.7 Å². The third kappa shape index (κ3) is 4.19. The standard InChI is InChI=1S/C16H16BrClFNO/c1-10(13-8-12(19)4-6-16(13)21-2)20-9-11-3-5-15(18)14(17)7-11/h3-8,10,20H,9H2,1-2H3. The fraction of sp³-hybridized carbons (Fsp3) is 0.250. The van der Waals surface area contributed by atoms with Crippen molar-refractivity contribution in [3.63, 3.8) is 0 Å². The molecule has 5 heteroatoms. The minimum absolute atomic E-state index is 0.0369. The summed E-state index contributed by atoms with van der Waals surface area (Å²) in [5.41, 5.74) is 1.89. The average molecular weight is 373 g/mol. The number of rotatable bonds is 5. The zero-order chi connectivity index (χ0) is 15.4. The van der Waals surface area contributed by atoms with Crippen LogP contribution in [0.5, 0.6) is 5.75 Å². The Labute approximate surface area is 137 Å². The zero-order valence-electron chi connectivity index (χ0n) is 11.8. The summed E-state index contributed by atoms with van der Waals surface area (Å²) in [5, 5.41) is 4.03. The van der Waals surface area contributed by atoms with Crippen LogP contribution in [0.4, 0.5) is 4.39 Å². The van der Waals surface area contributed by atoms with Crippen LogP contribution in [-0.2, 0) is 6.54 Å². The summed E-state index contributed by atoms with van der Waals surface area (Å²) in [6, 6.07) is 10.3.